The Morgan fingerprint density at radius 1 is 0.857 bits per heavy atom. The van der Waals surface area contributed by atoms with Crippen LogP contribution in [0.25, 0.3) is 0 Å². The van der Waals surface area contributed by atoms with Gasteiger partial charge in [0, 0.05) is 0 Å². The summed E-state index contributed by atoms with van der Waals surface area (Å²) in [5.74, 6) is 0. The lowest BCUT2D eigenvalue weighted by molar-refractivity contribution is 0.824. The monoisotopic (exact) mass is 136 g/mol. The quantitative estimate of drug-likeness (QED) is 0.398. The van der Waals surface area contributed by atoms with E-state index in [2.05, 4.69) is 13.8 Å². The van der Waals surface area contributed by atoms with Crippen LogP contribution in [0.2, 0.25) is 0 Å². The first-order chi connectivity index (χ1) is 1.91. The minimum atomic E-state index is 0. The Hall–Kier alpha value is 1.02. The molecule has 0 aliphatic heterocycles. The third kappa shape index (κ3) is 43.3. The molecule has 0 rings (SSSR count). The summed E-state index contributed by atoms with van der Waals surface area (Å²) in [6, 6.07) is 0. The molecule has 0 bridgehead atoms. The zero-order valence-electron chi connectivity index (χ0n) is 3.91. The van der Waals surface area contributed by atoms with Crippen molar-refractivity contribution in [3.8, 4) is 0 Å². The number of hydrogen-bond donors (Lipinski definition) is 0. The SMILES string of the molecule is CCCC.O.[AlH3].[AlH3]. The van der Waals surface area contributed by atoms with Crippen molar-refractivity contribution in [2.75, 3.05) is 0 Å². The van der Waals surface area contributed by atoms with Crippen LogP contribution >= 0.6 is 0 Å². The number of unbranched alkanes of at least 4 members (excludes halogenated alkanes) is 1. The molecule has 0 amide bonds. The van der Waals surface area contributed by atoms with Crippen LogP contribution in [0.15, 0.2) is 0 Å². The molecule has 3 heteroatoms. The zero-order chi connectivity index (χ0) is 3.41. The van der Waals surface area contributed by atoms with Crippen LogP contribution in [-0.2, 0) is 0 Å². The van der Waals surface area contributed by atoms with Crippen LogP contribution in [-0.4, -0.2) is 40.2 Å². The standard InChI is InChI=1S/C4H10.2Al.H2O.6H/c1-3-4-2;;;;;;;;;/h3-4H2,1-2H3;;;1H2;;;;;;. The van der Waals surface area contributed by atoms with Crippen molar-refractivity contribution in [2.45, 2.75) is 26.7 Å². The molecule has 0 radical (unpaired) electrons. The van der Waals surface area contributed by atoms with Crippen LogP contribution < -0.4 is 0 Å². The Morgan fingerprint density at radius 3 is 1.00 bits per heavy atom. The summed E-state index contributed by atoms with van der Waals surface area (Å²) < 4.78 is 0. The fourth-order valence-electron chi connectivity index (χ4n) is 0. The molecule has 0 aliphatic carbocycles. The van der Waals surface area contributed by atoms with Gasteiger partial charge in [0.25, 0.3) is 0 Å². The highest BCUT2D eigenvalue weighted by Gasteiger charge is 1.56. The average Bonchev–Trinajstić information content (AvgIpc) is 1.37. The Morgan fingerprint density at radius 2 is 1.00 bits per heavy atom. The van der Waals surface area contributed by atoms with Gasteiger partial charge in [0.2, 0.25) is 0 Å². The summed E-state index contributed by atoms with van der Waals surface area (Å²) in [4.78, 5) is 0. The van der Waals surface area contributed by atoms with E-state index in [1.807, 2.05) is 0 Å². The highest BCUT2D eigenvalue weighted by Crippen LogP contribution is 1.76. The molecule has 0 aliphatic rings. The van der Waals surface area contributed by atoms with Gasteiger partial charge in [-0.25, -0.2) is 0 Å². The predicted molar refractivity (Wildman–Crippen MR) is 44.1 cm³/mol. The molecule has 46 valence electrons. The first kappa shape index (κ1) is 24.4. The van der Waals surface area contributed by atoms with Gasteiger partial charge in [-0.05, 0) is 0 Å². The lowest BCUT2D eigenvalue weighted by atomic mass is 10.4. The van der Waals surface area contributed by atoms with Gasteiger partial charge in [-0.15, -0.1) is 0 Å². The van der Waals surface area contributed by atoms with Crippen LogP contribution in [0.4, 0.5) is 0 Å². The van der Waals surface area contributed by atoms with Crippen LogP contribution in [0.5, 0.6) is 0 Å². The second-order valence-electron chi connectivity index (χ2n) is 1.000. The first-order valence-electron chi connectivity index (χ1n) is 1.91. The molecule has 1 nitrogen and oxygen atoms in total. The molecule has 7 heavy (non-hydrogen) atoms. The van der Waals surface area contributed by atoms with Gasteiger partial charge >= 0.3 is 0 Å². The molecule has 0 saturated heterocycles. The Labute approximate surface area is 67.1 Å². The van der Waals surface area contributed by atoms with E-state index >= 15 is 0 Å². The van der Waals surface area contributed by atoms with Gasteiger partial charge in [-0.2, -0.15) is 0 Å². The van der Waals surface area contributed by atoms with Crippen molar-refractivity contribution in [3.63, 3.8) is 0 Å². The maximum absolute atomic E-state index is 2.18. The molecule has 0 aromatic carbocycles. The van der Waals surface area contributed by atoms with Gasteiger partial charge in [-0.1, -0.05) is 26.7 Å². The fraction of sp³-hybridized carbons (Fsp3) is 1.00. The fourth-order valence-corrected chi connectivity index (χ4v) is 0. The number of hydrogen-bond acceptors (Lipinski definition) is 0. The second-order valence-corrected chi connectivity index (χ2v) is 1.000. The largest absolute Gasteiger partial charge is 0.412 e. The normalized spacial score (nSPS) is 4.29. The van der Waals surface area contributed by atoms with E-state index < -0.39 is 0 Å². The van der Waals surface area contributed by atoms with Crippen LogP contribution in [0, 0.1) is 0 Å². The molecule has 0 atom stereocenters. The van der Waals surface area contributed by atoms with Gasteiger partial charge in [-0.3, -0.25) is 0 Å². The van der Waals surface area contributed by atoms with Crippen LogP contribution in [0.1, 0.15) is 26.7 Å². The molecule has 0 aromatic heterocycles. The summed E-state index contributed by atoms with van der Waals surface area (Å²) in [6.07, 6.45) is 2.64. The molecule has 0 spiro atoms. The maximum Gasteiger partial charge on any atom is 0.187 e. The van der Waals surface area contributed by atoms with Crippen molar-refractivity contribution in [1.29, 1.82) is 0 Å². The third-order valence-electron chi connectivity index (χ3n) is 0.500. The van der Waals surface area contributed by atoms with Crippen LogP contribution in [0.3, 0.4) is 0 Å². The van der Waals surface area contributed by atoms with Gasteiger partial charge < -0.3 is 5.48 Å². The third-order valence-corrected chi connectivity index (χ3v) is 0.500. The molecule has 0 fully saturated rings. The average molecular weight is 136 g/mol. The van der Waals surface area contributed by atoms with Crippen molar-refractivity contribution in [2.24, 2.45) is 0 Å². The van der Waals surface area contributed by atoms with Gasteiger partial charge in [0.15, 0.2) is 34.7 Å². The van der Waals surface area contributed by atoms with E-state index in [0.717, 1.165) is 0 Å². The smallest absolute Gasteiger partial charge is 0.187 e. The summed E-state index contributed by atoms with van der Waals surface area (Å²) in [7, 11) is 0. The van der Waals surface area contributed by atoms with E-state index in [4.69, 9.17) is 0 Å². The number of rotatable bonds is 1. The molecule has 2 N–H and O–H groups in total. The molecular weight excluding hydrogens is 118 g/mol. The van der Waals surface area contributed by atoms with Gasteiger partial charge in [0.1, 0.15) is 0 Å². The van der Waals surface area contributed by atoms with Crippen molar-refractivity contribution in [3.05, 3.63) is 0 Å². The molecule has 0 heterocycles. The highest BCUT2D eigenvalue weighted by molar-refractivity contribution is 5.76. The molecule has 0 unspecified atom stereocenters. The van der Waals surface area contributed by atoms with E-state index in [1.54, 1.807) is 0 Å². The van der Waals surface area contributed by atoms with E-state index in [-0.39, 0.29) is 40.2 Å². The lowest BCUT2D eigenvalue weighted by Crippen LogP contribution is -1.47. The first-order valence-corrected chi connectivity index (χ1v) is 1.91. The Kier molecular flexibility index (Phi) is 97.3. The predicted octanol–water partition coefficient (Wildman–Crippen LogP) is -1.39. The lowest BCUT2D eigenvalue weighted by Gasteiger charge is -1.68. The zero-order valence-corrected chi connectivity index (χ0v) is 3.91. The van der Waals surface area contributed by atoms with E-state index in [1.165, 1.54) is 12.8 Å². The Bertz CT molecular complexity index is 11.7. The van der Waals surface area contributed by atoms with Crippen molar-refractivity contribution >= 4 is 34.7 Å². The Balaban J connectivity index is -0.0000000150. The molecular formula is C4H18Al2O. The maximum atomic E-state index is 2.18. The minimum Gasteiger partial charge on any atom is -0.412 e. The minimum absolute atomic E-state index is 0. The summed E-state index contributed by atoms with van der Waals surface area (Å²) in [6.45, 7) is 4.36. The van der Waals surface area contributed by atoms with Gasteiger partial charge in [0.05, 0.1) is 0 Å². The second kappa shape index (κ2) is 27.9. The topological polar surface area (TPSA) is 31.5 Å². The highest BCUT2D eigenvalue weighted by atomic mass is 27.0. The molecule has 0 aromatic rings. The summed E-state index contributed by atoms with van der Waals surface area (Å²) in [5.41, 5.74) is 0. The van der Waals surface area contributed by atoms with Crippen molar-refractivity contribution in [1.82, 2.24) is 0 Å². The van der Waals surface area contributed by atoms with E-state index in [0.29, 0.717) is 0 Å². The molecule has 0 saturated carbocycles. The van der Waals surface area contributed by atoms with E-state index in [9.17, 15) is 0 Å². The van der Waals surface area contributed by atoms with Crippen molar-refractivity contribution < 1.29 is 5.48 Å². The summed E-state index contributed by atoms with van der Waals surface area (Å²) >= 11 is 0. The summed E-state index contributed by atoms with van der Waals surface area (Å²) in [5, 5.41) is 0.